The molecule has 0 spiro atoms. The van der Waals surface area contributed by atoms with Gasteiger partial charge in [-0.05, 0) is 35.0 Å². The molecule has 6 heteroatoms. The Bertz CT molecular complexity index is 1690. The van der Waals surface area contributed by atoms with Gasteiger partial charge in [-0.1, -0.05) is 60.7 Å². The smallest absolute Gasteiger partial charge is 0.312 e. The lowest BCUT2D eigenvalue weighted by Gasteiger charge is -2.29. The lowest BCUT2D eigenvalue weighted by molar-refractivity contribution is -0.385. The summed E-state index contributed by atoms with van der Waals surface area (Å²) in [5.41, 5.74) is 4.93. The lowest BCUT2D eigenvalue weighted by atomic mass is 9.81. The van der Waals surface area contributed by atoms with Crippen LogP contribution in [-0.2, 0) is 0 Å². The van der Waals surface area contributed by atoms with Crippen LogP contribution in [0.1, 0.15) is 22.3 Å². The second kappa shape index (κ2) is 7.27. The molecule has 0 unspecified atom stereocenters. The number of ether oxygens (including phenoxy) is 2. The average molecular weight is 456 g/mol. The number of nitro groups is 1. The molecule has 0 saturated heterocycles. The van der Waals surface area contributed by atoms with Crippen molar-refractivity contribution >= 4 is 27.6 Å². The molecule has 0 N–H and O–H groups in total. The fourth-order valence-electron chi connectivity index (χ4n) is 5.01. The Morgan fingerprint density at radius 2 is 1.49 bits per heavy atom. The highest BCUT2D eigenvalue weighted by Gasteiger charge is 2.35. The van der Waals surface area contributed by atoms with E-state index in [1.165, 1.54) is 6.07 Å². The predicted molar refractivity (Wildman–Crippen MR) is 133 cm³/mol. The number of nitrogens with zero attached hydrogens (tertiary/aromatic N) is 2. The Morgan fingerprint density at radius 1 is 0.686 bits per heavy atom. The SMILES string of the molecule is O=[N+]([O-])c1cccc2c1Oc1ccc3ccccc3c1/C2=C1\c2ccccc2Oc2ncccc21. The van der Waals surface area contributed by atoms with Crippen LogP contribution in [0.3, 0.4) is 0 Å². The average Bonchev–Trinajstić information content (AvgIpc) is 2.90. The zero-order valence-electron chi connectivity index (χ0n) is 18.3. The summed E-state index contributed by atoms with van der Waals surface area (Å²) in [7, 11) is 0. The molecule has 35 heavy (non-hydrogen) atoms. The maximum absolute atomic E-state index is 12.0. The highest BCUT2D eigenvalue weighted by Crippen LogP contribution is 2.55. The molecule has 0 bridgehead atoms. The molecular formula is C29H16N2O4. The van der Waals surface area contributed by atoms with E-state index < -0.39 is 4.92 Å². The van der Waals surface area contributed by atoms with Crippen LogP contribution in [-0.4, -0.2) is 9.91 Å². The summed E-state index contributed by atoms with van der Waals surface area (Å²) in [6.45, 7) is 0. The number of hydrogen-bond acceptors (Lipinski definition) is 5. The molecular weight excluding hydrogens is 440 g/mol. The molecule has 0 saturated carbocycles. The second-order valence-electron chi connectivity index (χ2n) is 8.38. The van der Waals surface area contributed by atoms with Crippen LogP contribution in [0.4, 0.5) is 5.69 Å². The van der Waals surface area contributed by atoms with Crippen molar-refractivity contribution in [2.45, 2.75) is 0 Å². The number of nitro benzene ring substituents is 1. The van der Waals surface area contributed by atoms with Gasteiger partial charge in [-0.15, -0.1) is 0 Å². The number of pyridine rings is 1. The summed E-state index contributed by atoms with van der Waals surface area (Å²) in [6.07, 6.45) is 1.70. The largest absolute Gasteiger partial charge is 0.449 e. The van der Waals surface area contributed by atoms with Crippen molar-refractivity contribution in [3.05, 3.63) is 130 Å². The first kappa shape index (κ1) is 19.5. The lowest BCUT2D eigenvalue weighted by Crippen LogP contribution is -2.11. The molecule has 2 aliphatic heterocycles. The van der Waals surface area contributed by atoms with E-state index >= 15 is 0 Å². The number of benzene rings is 4. The van der Waals surface area contributed by atoms with E-state index in [1.807, 2.05) is 72.8 Å². The second-order valence-corrected chi connectivity index (χ2v) is 8.38. The van der Waals surface area contributed by atoms with Crippen molar-refractivity contribution < 1.29 is 14.4 Å². The van der Waals surface area contributed by atoms with Gasteiger partial charge in [-0.25, -0.2) is 4.98 Å². The van der Waals surface area contributed by atoms with Crippen LogP contribution in [0.2, 0.25) is 0 Å². The van der Waals surface area contributed by atoms with Crippen molar-refractivity contribution in [3.8, 4) is 23.1 Å². The minimum Gasteiger partial charge on any atom is -0.449 e. The summed E-state index contributed by atoms with van der Waals surface area (Å²) in [5, 5.41) is 14.0. The van der Waals surface area contributed by atoms with Gasteiger partial charge < -0.3 is 9.47 Å². The van der Waals surface area contributed by atoms with Crippen LogP contribution in [0.15, 0.2) is 97.2 Å². The van der Waals surface area contributed by atoms with Gasteiger partial charge in [0.1, 0.15) is 11.5 Å². The molecule has 6 nitrogen and oxygen atoms in total. The van der Waals surface area contributed by atoms with Crippen molar-refractivity contribution in [2.24, 2.45) is 0 Å². The molecule has 7 rings (SSSR count). The monoisotopic (exact) mass is 456 g/mol. The van der Waals surface area contributed by atoms with Crippen LogP contribution < -0.4 is 9.47 Å². The number of rotatable bonds is 1. The van der Waals surface area contributed by atoms with Crippen molar-refractivity contribution in [3.63, 3.8) is 0 Å². The van der Waals surface area contributed by atoms with Gasteiger partial charge in [-0.3, -0.25) is 10.1 Å². The molecule has 166 valence electrons. The fourth-order valence-corrected chi connectivity index (χ4v) is 5.01. The number of para-hydroxylation sites is 2. The van der Waals surface area contributed by atoms with E-state index in [0.29, 0.717) is 22.9 Å². The van der Waals surface area contributed by atoms with Gasteiger partial charge in [0.2, 0.25) is 11.6 Å². The normalized spacial score (nSPS) is 15.2. The number of hydrogen-bond donors (Lipinski definition) is 0. The molecule has 0 fully saturated rings. The summed E-state index contributed by atoms with van der Waals surface area (Å²) in [6, 6.07) is 28.6. The topological polar surface area (TPSA) is 74.5 Å². The summed E-state index contributed by atoms with van der Waals surface area (Å²) in [5.74, 6) is 1.98. The minimum atomic E-state index is -0.402. The first-order chi connectivity index (χ1) is 17.2. The van der Waals surface area contributed by atoms with Gasteiger partial charge in [0.15, 0.2) is 0 Å². The Hall–Kier alpha value is -4.97. The third kappa shape index (κ3) is 2.80. The number of fused-ring (bicyclic) bond motifs is 6. The standard InChI is InChI=1S/C29H16N2O4/c32-31(33)22-12-5-10-20-27(26-18-8-2-1-7-17(18)14-15-24(26)34-28(20)22)25-19-9-3-4-13-23(19)35-29-21(25)11-6-16-30-29/h1-16H/b27-25+. The highest BCUT2D eigenvalue weighted by molar-refractivity contribution is 6.15. The summed E-state index contributed by atoms with van der Waals surface area (Å²) in [4.78, 5) is 16.0. The third-order valence-electron chi connectivity index (χ3n) is 6.47. The van der Waals surface area contributed by atoms with Gasteiger partial charge in [-0.2, -0.15) is 0 Å². The highest BCUT2D eigenvalue weighted by atomic mass is 16.6. The zero-order valence-corrected chi connectivity index (χ0v) is 18.3. The van der Waals surface area contributed by atoms with Crippen LogP contribution >= 0.6 is 0 Å². The molecule has 0 radical (unpaired) electrons. The first-order valence-electron chi connectivity index (χ1n) is 11.2. The Balaban J connectivity index is 1.71. The first-order valence-corrected chi connectivity index (χ1v) is 11.2. The maximum atomic E-state index is 12.0. The van der Waals surface area contributed by atoms with Gasteiger partial charge in [0.05, 0.1) is 4.92 Å². The summed E-state index contributed by atoms with van der Waals surface area (Å²) < 4.78 is 12.4. The van der Waals surface area contributed by atoms with E-state index in [-0.39, 0.29) is 11.4 Å². The Kier molecular flexibility index (Phi) is 4.05. The molecule has 2 aliphatic rings. The summed E-state index contributed by atoms with van der Waals surface area (Å²) >= 11 is 0. The molecule has 4 aromatic carbocycles. The fraction of sp³-hybridized carbons (Fsp3) is 0. The van der Waals surface area contributed by atoms with E-state index in [2.05, 4.69) is 11.1 Å². The zero-order chi connectivity index (χ0) is 23.5. The Morgan fingerprint density at radius 3 is 2.40 bits per heavy atom. The van der Waals surface area contributed by atoms with Crippen molar-refractivity contribution in [1.82, 2.24) is 4.98 Å². The van der Waals surface area contributed by atoms with Gasteiger partial charge in [0.25, 0.3) is 0 Å². The van der Waals surface area contributed by atoms with E-state index in [9.17, 15) is 10.1 Å². The predicted octanol–water partition coefficient (Wildman–Crippen LogP) is 7.36. The quantitative estimate of drug-likeness (QED) is 0.191. The third-order valence-corrected chi connectivity index (χ3v) is 6.47. The van der Waals surface area contributed by atoms with E-state index in [0.717, 1.165) is 38.6 Å². The maximum Gasteiger partial charge on any atom is 0.312 e. The van der Waals surface area contributed by atoms with Crippen molar-refractivity contribution in [2.75, 3.05) is 0 Å². The van der Waals surface area contributed by atoms with Gasteiger partial charge in [0, 0.05) is 45.7 Å². The van der Waals surface area contributed by atoms with Crippen LogP contribution in [0.5, 0.6) is 23.1 Å². The Labute approximate surface area is 199 Å². The molecule has 0 aliphatic carbocycles. The molecule has 5 aromatic rings. The minimum absolute atomic E-state index is 0.0776. The molecule has 3 heterocycles. The van der Waals surface area contributed by atoms with Crippen LogP contribution in [0, 0.1) is 10.1 Å². The van der Waals surface area contributed by atoms with Crippen LogP contribution in [0.25, 0.3) is 21.9 Å². The molecule has 1 aromatic heterocycles. The van der Waals surface area contributed by atoms with E-state index in [4.69, 9.17) is 9.47 Å². The van der Waals surface area contributed by atoms with Gasteiger partial charge >= 0.3 is 5.69 Å². The van der Waals surface area contributed by atoms with Crippen molar-refractivity contribution in [1.29, 1.82) is 0 Å². The van der Waals surface area contributed by atoms with E-state index in [1.54, 1.807) is 12.3 Å². The number of aromatic nitrogens is 1. The molecule has 0 atom stereocenters. The molecule has 0 amide bonds.